The molecule has 8 heteroatoms. The normalized spacial score (nSPS) is 12.0. The van der Waals surface area contributed by atoms with Crippen LogP contribution in [0.1, 0.15) is 30.6 Å². The molecule has 0 aromatic heterocycles. The SMILES string of the molecule is CC(C)N(CCCO)S(=O)(=O)c1ccc(O)c(C(=O)O)c1. The maximum absolute atomic E-state index is 12.5. The van der Waals surface area contributed by atoms with Crippen molar-refractivity contribution in [3.8, 4) is 5.75 Å². The van der Waals surface area contributed by atoms with Crippen molar-refractivity contribution in [1.29, 1.82) is 0 Å². The van der Waals surface area contributed by atoms with E-state index in [2.05, 4.69) is 0 Å². The molecule has 0 amide bonds. The summed E-state index contributed by atoms with van der Waals surface area (Å²) in [4.78, 5) is 10.8. The molecular formula is C13H19NO6S. The lowest BCUT2D eigenvalue weighted by Gasteiger charge is -2.25. The van der Waals surface area contributed by atoms with Crippen molar-refractivity contribution in [2.75, 3.05) is 13.2 Å². The Labute approximate surface area is 123 Å². The quantitative estimate of drug-likeness (QED) is 0.687. The third-order valence-electron chi connectivity index (χ3n) is 2.92. The fourth-order valence-corrected chi connectivity index (χ4v) is 3.57. The van der Waals surface area contributed by atoms with Crippen LogP contribution in [0.3, 0.4) is 0 Å². The number of carbonyl (C=O) groups is 1. The van der Waals surface area contributed by atoms with Gasteiger partial charge in [0.1, 0.15) is 11.3 Å². The maximum atomic E-state index is 12.5. The Hall–Kier alpha value is -1.64. The van der Waals surface area contributed by atoms with E-state index in [0.717, 1.165) is 18.2 Å². The number of hydrogen-bond donors (Lipinski definition) is 3. The van der Waals surface area contributed by atoms with Crippen molar-refractivity contribution in [1.82, 2.24) is 4.31 Å². The first-order valence-electron chi connectivity index (χ1n) is 6.40. The number of aromatic hydroxyl groups is 1. The summed E-state index contributed by atoms with van der Waals surface area (Å²) >= 11 is 0. The molecule has 0 aliphatic heterocycles. The molecule has 1 rings (SSSR count). The van der Waals surface area contributed by atoms with Gasteiger partial charge < -0.3 is 15.3 Å². The first-order chi connectivity index (χ1) is 9.71. The first kappa shape index (κ1) is 17.4. The lowest BCUT2D eigenvalue weighted by Crippen LogP contribution is -2.38. The van der Waals surface area contributed by atoms with Gasteiger partial charge in [0.15, 0.2) is 0 Å². The van der Waals surface area contributed by atoms with Gasteiger partial charge in [0.25, 0.3) is 0 Å². The highest BCUT2D eigenvalue weighted by atomic mass is 32.2. The predicted octanol–water partition coefficient (Wildman–Crippen LogP) is 0.872. The molecule has 0 radical (unpaired) electrons. The summed E-state index contributed by atoms with van der Waals surface area (Å²) in [5.41, 5.74) is -0.470. The van der Waals surface area contributed by atoms with Gasteiger partial charge in [0.05, 0.1) is 4.90 Å². The molecule has 0 saturated heterocycles. The summed E-state index contributed by atoms with van der Waals surface area (Å²) < 4.78 is 26.3. The second-order valence-corrected chi connectivity index (χ2v) is 6.66. The number of aliphatic hydroxyl groups excluding tert-OH is 1. The highest BCUT2D eigenvalue weighted by molar-refractivity contribution is 7.89. The molecule has 3 N–H and O–H groups in total. The molecule has 7 nitrogen and oxygen atoms in total. The second kappa shape index (κ2) is 6.88. The molecule has 0 aliphatic rings. The summed E-state index contributed by atoms with van der Waals surface area (Å²) in [5, 5.41) is 27.2. The van der Waals surface area contributed by atoms with E-state index in [1.165, 1.54) is 4.31 Å². The fourth-order valence-electron chi connectivity index (χ4n) is 1.86. The summed E-state index contributed by atoms with van der Waals surface area (Å²) in [5.74, 6) is -1.90. The summed E-state index contributed by atoms with van der Waals surface area (Å²) in [6, 6.07) is 2.79. The molecule has 21 heavy (non-hydrogen) atoms. The van der Waals surface area contributed by atoms with Gasteiger partial charge in [-0.3, -0.25) is 0 Å². The van der Waals surface area contributed by atoms with Gasteiger partial charge in [0, 0.05) is 19.2 Å². The number of sulfonamides is 1. The van der Waals surface area contributed by atoms with Crippen molar-refractivity contribution in [2.45, 2.75) is 31.2 Å². The van der Waals surface area contributed by atoms with Crippen molar-refractivity contribution >= 4 is 16.0 Å². The molecule has 0 unspecified atom stereocenters. The zero-order chi connectivity index (χ0) is 16.2. The van der Waals surface area contributed by atoms with Crippen LogP contribution in [0.15, 0.2) is 23.1 Å². The molecule has 118 valence electrons. The lowest BCUT2D eigenvalue weighted by molar-refractivity contribution is 0.0693. The highest BCUT2D eigenvalue weighted by Gasteiger charge is 2.28. The van der Waals surface area contributed by atoms with Gasteiger partial charge in [-0.1, -0.05) is 0 Å². The largest absolute Gasteiger partial charge is 0.507 e. The summed E-state index contributed by atoms with van der Waals surface area (Å²) in [6.07, 6.45) is 0.279. The van der Waals surface area contributed by atoms with Crippen molar-refractivity contribution in [2.24, 2.45) is 0 Å². The smallest absolute Gasteiger partial charge is 0.339 e. The summed E-state index contributed by atoms with van der Waals surface area (Å²) in [7, 11) is -3.90. The van der Waals surface area contributed by atoms with Crippen molar-refractivity contribution in [3.05, 3.63) is 23.8 Å². The van der Waals surface area contributed by atoms with Crippen LogP contribution in [0, 0.1) is 0 Å². The third-order valence-corrected chi connectivity index (χ3v) is 4.99. The zero-order valence-electron chi connectivity index (χ0n) is 11.9. The van der Waals surface area contributed by atoms with E-state index in [4.69, 9.17) is 10.2 Å². The molecule has 0 heterocycles. The number of rotatable bonds is 7. The van der Waals surface area contributed by atoms with Crippen LogP contribution in [0.25, 0.3) is 0 Å². The zero-order valence-corrected chi connectivity index (χ0v) is 12.7. The molecule has 0 saturated carbocycles. The van der Waals surface area contributed by atoms with Gasteiger partial charge in [-0.25, -0.2) is 13.2 Å². The van der Waals surface area contributed by atoms with Gasteiger partial charge >= 0.3 is 5.97 Å². The van der Waals surface area contributed by atoms with Gasteiger partial charge in [0.2, 0.25) is 10.0 Å². The molecule has 1 aromatic rings. The number of carboxylic acids is 1. The number of aromatic carboxylic acids is 1. The topological polar surface area (TPSA) is 115 Å². The van der Waals surface area contributed by atoms with E-state index in [1.807, 2.05) is 0 Å². The Balaban J connectivity index is 3.28. The third kappa shape index (κ3) is 3.93. The minimum absolute atomic E-state index is 0.125. The Morgan fingerprint density at radius 1 is 1.33 bits per heavy atom. The van der Waals surface area contributed by atoms with Crippen molar-refractivity contribution in [3.63, 3.8) is 0 Å². The number of carboxylic acid groups (broad SMARTS) is 1. The second-order valence-electron chi connectivity index (χ2n) is 4.77. The van der Waals surface area contributed by atoms with Crippen LogP contribution in [-0.2, 0) is 10.0 Å². The Kier molecular flexibility index (Phi) is 5.70. The molecule has 0 bridgehead atoms. The highest BCUT2D eigenvalue weighted by Crippen LogP contribution is 2.25. The Morgan fingerprint density at radius 2 is 1.95 bits per heavy atom. The van der Waals surface area contributed by atoms with Crippen LogP contribution in [0.4, 0.5) is 0 Å². The van der Waals surface area contributed by atoms with Crippen LogP contribution >= 0.6 is 0 Å². The lowest BCUT2D eigenvalue weighted by atomic mass is 10.2. The number of aliphatic hydroxyl groups is 1. The monoisotopic (exact) mass is 317 g/mol. The molecule has 0 spiro atoms. The van der Waals surface area contributed by atoms with Crippen molar-refractivity contribution < 1.29 is 28.5 Å². The van der Waals surface area contributed by atoms with E-state index < -0.39 is 27.3 Å². The average molecular weight is 317 g/mol. The first-order valence-corrected chi connectivity index (χ1v) is 7.84. The predicted molar refractivity (Wildman–Crippen MR) is 75.8 cm³/mol. The molecule has 1 aromatic carbocycles. The van der Waals surface area contributed by atoms with Crippen LogP contribution in [-0.4, -0.2) is 53.2 Å². The Morgan fingerprint density at radius 3 is 2.43 bits per heavy atom. The molecule has 0 fully saturated rings. The number of hydrogen-bond acceptors (Lipinski definition) is 5. The minimum atomic E-state index is -3.90. The maximum Gasteiger partial charge on any atom is 0.339 e. The fraction of sp³-hybridized carbons (Fsp3) is 0.462. The Bertz CT molecular complexity index is 611. The number of nitrogens with zero attached hydrogens (tertiary/aromatic N) is 1. The van der Waals surface area contributed by atoms with Gasteiger partial charge in [-0.05, 0) is 38.5 Å². The van der Waals surface area contributed by atoms with Crippen LogP contribution < -0.4 is 0 Å². The molecular weight excluding hydrogens is 298 g/mol. The molecule has 0 atom stereocenters. The van der Waals surface area contributed by atoms with E-state index in [9.17, 15) is 18.3 Å². The van der Waals surface area contributed by atoms with Gasteiger partial charge in [-0.15, -0.1) is 0 Å². The molecule has 0 aliphatic carbocycles. The van der Waals surface area contributed by atoms with E-state index in [-0.39, 0.29) is 30.5 Å². The number of phenols is 1. The van der Waals surface area contributed by atoms with Crippen LogP contribution in [0.2, 0.25) is 0 Å². The van der Waals surface area contributed by atoms with E-state index in [1.54, 1.807) is 13.8 Å². The average Bonchev–Trinajstić information content (AvgIpc) is 2.38. The summed E-state index contributed by atoms with van der Waals surface area (Å²) in [6.45, 7) is 3.36. The van der Waals surface area contributed by atoms with Gasteiger partial charge in [-0.2, -0.15) is 4.31 Å². The number of benzene rings is 1. The standard InChI is InChI=1S/C13H19NO6S/c1-9(2)14(6-3-7-15)21(19,20)10-4-5-12(16)11(8-10)13(17)18/h4-5,8-9,15-16H,3,6-7H2,1-2H3,(H,17,18). The van der Waals surface area contributed by atoms with E-state index in [0.29, 0.717) is 0 Å². The minimum Gasteiger partial charge on any atom is -0.507 e. The van der Waals surface area contributed by atoms with Crippen LogP contribution in [0.5, 0.6) is 5.75 Å². The van der Waals surface area contributed by atoms with E-state index >= 15 is 0 Å².